The number of carbonyl (C=O) groups excluding carboxylic acids is 2. The molecule has 1 aliphatic carbocycles. The summed E-state index contributed by atoms with van der Waals surface area (Å²) in [7, 11) is 0. The maximum atomic E-state index is 12.3. The normalized spacial score (nSPS) is 19.4. The van der Waals surface area contributed by atoms with Gasteiger partial charge in [-0.05, 0) is 68.6 Å². The predicted molar refractivity (Wildman–Crippen MR) is 128 cm³/mol. The summed E-state index contributed by atoms with van der Waals surface area (Å²) in [6, 6.07) is 8.27. The molecule has 2 aromatic rings. The molecule has 2 amide bonds. The molecule has 3 heterocycles. The Morgan fingerprint density at radius 1 is 0.939 bits per heavy atom. The topological polar surface area (TPSA) is 104 Å². The van der Waals surface area contributed by atoms with E-state index in [1.165, 1.54) is 12.0 Å². The van der Waals surface area contributed by atoms with E-state index in [-0.39, 0.29) is 5.69 Å². The first kappa shape index (κ1) is 21.7. The van der Waals surface area contributed by atoms with Crippen molar-refractivity contribution in [2.45, 2.75) is 50.9 Å². The molecule has 3 fully saturated rings. The molecule has 174 valence electrons. The van der Waals surface area contributed by atoms with Crippen LogP contribution in [-0.4, -0.2) is 52.9 Å². The van der Waals surface area contributed by atoms with Crippen molar-refractivity contribution >= 4 is 29.1 Å². The predicted octanol–water partition coefficient (Wildman–Crippen LogP) is 3.43. The highest BCUT2D eigenvalue weighted by Crippen LogP contribution is 2.35. The zero-order valence-corrected chi connectivity index (χ0v) is 19.0. The number of hydrogen-bond acceptors (Lipinski definition) is 6. The third-order valence-corrected chi connectivity index (χ3v) is 7.05. The molecule has 8 nitrogen and oxygen atoms in total. The van der Waals surface area contributed by atoms with E-state index in [0.29, 0.717) is 23.6 Å². The Balaban J connectivity index is 1.26. The van der Waals surface area contributed by atoms with Gasteiger partial charge in [-0.3, -0.25) is 9.59 Å². The number of nitrogens with zero attached hydrogens (tertiary/aromatic N) is 4. The van der Waals surface area contributed by atoms with E-state index >= 15 is 0 Å². The number of nitrogens with two attached hydrogens (primary N) is 1. The molecule has 2 saturated heterocycles. The standard InChI is InChI=1S/C25H32N6O2/c26-23(32)22-24(29-21(16-27-22)30-12-2-1-3-13-30)28-20-8-6-17(7-9-20)18-10-14-31(15-11-18)25(33)19-4-5-19/h6-9,16,18-19H,1-5,10-15H2,(H2,26,32)(H,28,29). The summed E-state index contributed by atoms with van der Waals surface area (Å²) in [6.07, 6.45) is 9.28. The number of hydrogen-bond donors (Lipinski definition) is 2. The highest BCUT2D eigenvalue weighted by atomic mass is 16.2. The summed E-state index contributed by atoms with van der Waals surface area (Å²) < 4.78 is 0. The number of amides is 2. The first-order valence-corrected chi connectivity index (χ1v) is 12.2. The van der Waals surface area contributed by atoms with Crippen LogP contribution in [0.2, 0.25) is 0 Å². The third-order valence-electron chi connectivity index (χ3n) is 7.05. The number of rotatable bonds is 6. The van der Waals surface area contributed by atoms with Crippen LogP contribution >= 0.6 is 0 Å². The summed E-state index contributed by atoms with van der Waals surface area (Å²) >= 11 is 0. The summed E-state index contributed by atoms with van der Waals surface area (Å²) in [4.78, 5) is 37.4. The van der Waals surface area contributed by atoms with Crippen molar-refractivity contribution in [2.24, 2.45) is 11.7 Å². The van der Waals surface area contributed by atoms with Gasteiger partial charge in [0.2, 0.25) is 5.91 Å². The number of aromatic nitrogens is 2. The van der Waals surface area contributed by atoms with Crippen molar-refractivity contribution in [2.75, 3.05) is 36.4 Å². The number of carbonyl (C=O) groups is 2. The minimum absolute atomic E-state index is 0.146. The van der Waals surface area contributed by atoms with Crippen molar-refractivity contribution < 1.29 is 9.59 Å². The lowest BCUT2D eigenvalue weighted by Gasteiger charge is -2.32. The fourth-order valence-corrected chi connectivity index (χ4v) is 4.92. The van der Waals surface area contributed by atoms with E-state index in [2.05, 4.69) is 32.3 Å². The summed E-state index contributed by atoms with van der Waals surface area (Å²) in [5.41, 5.74) is 7.82. The fraction of sp³-hybridized carbons (Fsp3) is 0.520. The van der Waals surface area contributed by atoms with E-state index in [9.17, 15) is 9.59 Å². The Labute approximate surface area is 194 Å². The molecule has 33 heavy (non-hydrogen) atoms. The summed E-state index contributed by atoms with van der Waals surface area (Å²) in [5, 5.41) is 3.25. The van der Waals surface area contributed by atoms with Gasteiger partial charge in [-0.15, -0.1) is 0 Å². The van der Waals surface area contributed by atoms with E-state index in [4.69, 9.17) is 5.73 Å². The third kappa shape index (κ3) is 4.94. The molecule has 3 N–H and O–H groups in total. The van der Waals surface area contributed by atoms with Gasteiger partial charge in [-0.2, -0.15) is 0 Å². The van der Waals surface area contributed by atoms with Crippen molar-refractivity contribution in [3.05, 3.63) is 41.7 Å². The molecule has 0 radical (unpaired) electrons. The lowest BCUT2D eigenvalue weighted by molar-refractivity contribution is -0.133. The van der Waals surface area contributed by atoms with Gasteiger partial charge in [0.05, 0.1) is 6.20 Å². The number of anilines is 3. The highest BCUT2D eigenvalue weighted by Gasteiger charge is 2.35. The van der Waals surface area contributed by atoms with Crippen LogP contribution in [-0.2, 0) is 4.79 Å². The Morgan fingerprint density at radius 2 is 1.64 bits per heavy atom. The second-order valence-electron chi connectivity index (χ2n) is 9.46. The van der Waals surface area contributed by atoms with Gasteiger partial charge >= 0.3 is 0 Å². The minimum atomic E-state index is -0.598. The monoisotopic (exact) mass is 448 g/mol. The van der Waals surface area contributed by atoms with Gasteiger partial charge in [0.15, 0.2) is 11.5 Å². The van der Waals surface area contributed by atoms with E-state index < -0.39 is 5.91 Å². The summed E-state index contributed by atoms with van der Waals surface area (Å²) in [5.74, 6) is 1.68. The number of likely N-dealkylation sites (tertiary alicyclic amines) is 1. The zero-order valence-electron chi connectivity index (χ0n) is 19.0. The second kappa shape index (κ2) is 9.37. The number of piperidine rings is 2. The van der Waals surface area contributed by atoms with Crippen molar-refractivity contribution in [3.8, 4) is 0 Å². The SMILES string of the molecule is NC(=O)c1ncc(N2CCCCC2)nc1Nc1ccc(C2CCN(C(=O)C3CC3)CC2)cc1. The molecule has 0 spiro atoms. The largest absolute Gasteiger partial charge is 0.364 e. The minimum Gasteiger partial charge on any atom is -0.364 e. The van der Waals surface area contributed by atoms with Crippen LogP contribution in [0, 0.1) is 5.92 Å². The molecule has 0 unspecified atom stereocenters. The Bertz CT molecular complexity index is 1010. The number of benzene rings is 1. The molecular weight excluding hydrogens is 416 g/mol. The molecule has 2 aliphatic heterocycles. The van der Waals surface area contributed by atoms with Crippen molar-refractivity contribution in [1.29, 1.82) is 0 Å². The van der Waals surface area contributed by atoms with E-state index in [1.807, 2.05) is 17.0 Å². The molecule has 8 heteroatoms. The van der Waals surface area contributed by atoms with Crippen molar-refractivity contribution in [1.82, 2.24) is 14.9 Å². The molecule has 1 saturated carbocycles. The maximum absolute atomic E-state index is 12.3. The van der Waals surface area contributed by atoms with Gasteiger partial charge in [0.1, 0.15) is 5.82 Å². The van der Waals surface area contributed by atoms with Gasteiger partial charge in [-0.25, -0.2) is 9.97 Å². The second-order valence-corrected chi connectivity index (χ2v) is 9.46. The van der Waals surface area contributed by atoms with Gasteiger partial charge in [0, 0.05) is 37.8 Å². The Kier molecular flexibility index (Phi) is 6.15. The molecule has 1 aromatic heterocycles. The zero-order chi connectivity index (χ0) is 22.8. The summed E-state index contributed by atoms with van der Waals surface area (Å²) in [6.45, 7) is 3.59. The molecule has 1 aromatic carbocycles. The molecular formula is C25H32N6O2. The van der Waals surface area contributed by atoms with Crippen LogP contribution in [0.15, 0.2) is 30.5 Å². The van der Waals surface area contributed by atoms with Crippen LogP contribution in [0.4, 0.5) is 17.3 Å². The van der Waals surface area contributed by atoms with Crippen LogP contribution < -0.4 is 16.0 Å². The van der Waals surface area contributed by atoms with Gasteiger partial charge in [-0.1, -0.05) is 12.1 Å². The van der Waals surface area contributed by atoms with Gasteiger partial charge in [0.25, 0.3) is 5.91 Å². The maximum Gasteiger partial charge on any atom is 0.271 e. The van der Waals surface area contributed by atoms with Gasteiger partial charge < -0.3 is 20.9 Å². The first-order valence-electron chi connectivity index (χ1n) is 12.2. The van der Waals surface area contributed by atoms with E-state index in [0.717, 1.165) is 76.2 Å². The molecule has 0 atom stereocenters. The van der Waals surface area contributed by atoms with Crippen molar-refractivity contribution in [3.63, 3.8) is 0 Å². The quantitative estimate of drug-likeness (QED) is 0.702. The van der Waals surface area contributed by atoms with Crippen LogP contribution in [0.3, 0.4) is 0 Å². The Morgan fingerprint density at radius 3 is 2.27 bits per heavy atom. The van der Waals surface area contributed by atoms with Crippen LogP contribution in [0.1, 0.15) is 66.9 Å². The lowest BCUT2D eigenvalue weighted by Crippen LogP contribution is -2.38. The average Bonchev–Trinajstić information content (AvgIpc) is 3.70. The molecule has 3 aliphatic rings. The molecule has 5 rings (SSSR count). The lowest BCUT2D eigenvalue weighted by atomic mass is 9.89. The number of nitrogens with one attached hydrogen (secondary N) is 1. The Hall–Kier alpha value is -3.16. The number of primary amides is 1. The fourth-order valence-electron chi connectivity index (χ4n) is 4.92. The van der Waals surface area contributed by atoms with Crippen LogP contribution in [0.5, 0.6) is 0 Å². The van der Waals surface area contributed by atoms with Crippen LogP contribution in [0.25, 0.3) is 0 Å². The smallest absolute Gasteiger partial charge is 0.271 e. The highest BCUT2D eigenvalue weighted by molar-refractivity contribution is 5.96. The average molecular weight is 449 g/mol. The first-order chi connectivity index (χ1) is 16.1. The van der Waals surface area contributed by atoms with E-state index in [1.54, 1.807) is 6.20 Å². The molecule has 0 bridgehead atoms.